The van der Waals surface area contributed by atoms with Crippen molar-refractivity contribution in [1.29, 1.82) is 0 Å². The topological polar surface area (TPSA) is 78.9 Å². The molecular formula is C17H31O6PS. The smallest absolute Gasteiger partial charge is 0.390 e. The van der Waals surface area contributed by atoms with Crippen LogP contribution in [0.5, 0.6) is 0 Å². The van der Waals surface area contributed by atoms with E-state index in [9.17, 15) is 14.2 Å². The van der Waals surface area contributed by atoms with Crippen LogP contribution >= 0.6 is 18.2 Å². The minimum Gasteiger partial charge on any atom is -0.465 e. The second kappa shape index (κ2) is 9.03. The SMILES string of the molecule is CCOC(=O)C1(SP(=O)(OCC)OCC)CCC(C(C)(C)C)CC1=O. The molecule has 0 heterocycles. The highest BCUT2D eigenvalue weighted by atomic mass is 32.7. The van der Waals surface area contributed by atoms with Gasteiger partial charge in [0.1, 0.15) is 0 Å². The number of carbonyl (C=O) groups is 2. The van der Waals surface area contributed by atoms with E-state index in [2.05, 4.69) is 20.8 Å². The number of Topliss-reactive ketones (excluding diaryl/α,β-unsaturated/α-hetero) is 1. The molecule has 0 bridgehead atoms. The molecule has 1 aliphatic rings. The van der Waals surface area contributed by atoms with Crippen LogP contribution in [-0.2, 0) is 27.9 Å². The molecule has 0 aromatic rings. The van der Waals surface area contributed by atoms with Crippen LogP contribution in [0.3, 0.4) is 0 Å². The van der Waals surface area contributed by atoms with Crippen molar-refractivity contribution < 1.29 is 27.9 Å². The average Bonchev–Trinajstić information content (AvgIpc) is 2.49. The number of ether oxygens (including phenoxy) is 1. The summed E-state index contributed by atoms with van der Waals surface area (Å²) >= 11 is 0.720. The summed E-state index contributed by atoms with van der Waals surface area (Å²) in [6.45, 7) is 8.19. The van der Waals surface area contributed by atoms with Crippen molar-refractivity contribution in [3.05, 3.63) is 0 Å². The van der Waals surface area contributed by atoms with Gasteiger partial charge in [0.05, 0.1) is 19.8 Å². The zero-order chi connectivity index (χ0) is 19.3. The fourth-order valence-electron chi connectivity index (χ4n) is 2.94. The lowest BCUT2D eigenvalue weighted by molar-refractivity contribution is -0.151. The summed E-state index contributed by atoms with van der Waals surface area (Å²) in [6.07, 6.45) is 1.22. The van der Waals surface area contributed by atoms with Crippen molar-refractivity contribution in [2.24, 2.45) is 11.3 Å². The number of hydrogen-bond donors (Lipinski definition) is 0. The lowest BCUT2D eigenvalue weighted by atomic mass is 9.69. The van der Waals surface area contributed by atoms with Crippen LogP contribution in [-0.4, -0.2) is 36.3 Å². The van der Waals surface area contributed by atoms with Crippen molar-refractivity contribution in [2.75, 3.05) is 19.8 Å². The molecule has 6 nitrogen and oxygen atoms in total. The van der Waals surface area contributed by atoms with Gasteiger partial charge in [0, 0.05) is 6.42 Å². The lowest BCUT2D eigenvalue weighted by Gasteiger charge is -2.41. The molecule has 1 fully saturated rings. The van der Waals surface area contributed by atoms with Gasteiger partial charge in [-0.15, -0.1) is 0 Å². The molecule has 0 radical (unpaired) electrons. The fourth-order valence-corrected chi connectivity index (χ4v) is 7.56. The van der Waals surface area contributed by atoms with Crippen LogP contribution in [0.25, 0.3) is 0 Å². The van der Waals surface area contributed by atoms with E-state index in [-0.39, 0.29) is 49.8 Å². The van der Waals surface area contributed by atoms with Crippen LogP contribution in [0.15, 0.2) is 0 Å². The zero-order valence-corrected chi connectivity index (χ0v) is 17.8. The summed E-state index contributed by atoms with van der Waals surface area (Å²) in [5.41, 5.74) is -0.0370. The average molecular weight is 394 g/mol. The Bertz CT molecular complexity index is 520. The van der Waals surface area contributed by atoms with Crippen molar-refractivity contribution in [2.45, 2.75) is 65.6 Å². The predicted octanol–water partition coefficient (Wildman–Crippen LogP) is 4.62. The van der Waals surface area contributed by atoms with E-state index in [1.165, 1.54) is 0 Å². The highest BCUT2D eigenvalue weighted by Gasteiger charge is 2.56. The minimum absolute atomic E-state index is 0.0370. The van der Waals surface area contributed by atoms with Gasteiger partial charge in [-0.25, -0.2) is 4.57 Å². The molecule has 1 aliphatic carbocycles. The molecule has 0 amide bonds. The van der Waals surface area contributed by atoms with Gasteiger partial charge < -0.3 is 13.8 Å². The van der Waals surface area contributed by atoms with Gasteiger partial charge >= 0.3 is 12.8 Å². The number of hydrogen-bond acceptors (Lipinski definition) is 7. The molecule has 1 saturated carbocycles. The normalized spacial score (nSPS) is 25.0. The summed E-state index contributed by atoms with van der Waals surface area (Å²) in [5, 5.41) is 0. The van der Waals surface area contributed by atoms with E-state index in [4.69, 9.17) is 13.8 Å². The van der Waals surface area contributed by atoms with Gasteiger partial charge in [0.25, 0.3) is 0 Å². The lowest BCUT2D eigenvalue weighted by Crippen LogP contribution is -2.50. The Morgan fingerprint density at radius 2 is 1.76 bits per heavy atom. The van der Waals surface area contributed by atoms with Gasteiger partial charge in [-0.1, -0.05) is 20.8 Å². The third-order valence-electron chi connectivity index (χ3n) is 4.40. The summed E-state index contributed by atoms with van der Waals surface area (Å²) in [6, 6.07) is 0. The van der Waals surface area contributed by atoms with E-state index >= 15 is 0 Å². The molecule has 1 rings (SSSR count). The molecule has 0 spiro atoms. The molecule has 2 atom stereocenters. The Hall–Kier alpha value is -0.360. The highest BCUT2D eigenvalue weighted by Crippen LogP contribution is 2.67. The van der Waals surface area contributed by atoms with Crippen molar-refractivity contribution in [3.63, 3.8) is 0 Å². The van der Waals surface area contributed by atoms with Gasteiger partial charge in [-0.05, 0) is 56.3 Å². The van der Waals surface area contributed by atoms with Crippen molar-refractivity contribution >= 4 is 29.9 Å². The van der Waals surface area contributed by atoms with E-state index in [1.807, 2.05) is 0 Å². The monoisotopic (exact) mass is 394 g/mol. The first-order valence-electron chi connectivity index (χ1n) is 8.85. The molecule has 0 aliphatic heterocycles. The van der Waals surface area contributed by atoms with Gasteiger partial charge in [0.15, 0.2) is 10.5 Å². The fraction of sp³-hybridized carbons (Fsp3) is 0.882. The first-order valence-corrected chi connectivity index (χ1v) is 11.8. The molecule has 0 aromatic carbocycles. The van der Waals surface area contributed by atoms with Crippen molar-refractivity contribution in [3.8, 4) is 0 Å². The van der Waals surface area contributed by atoms with Crippen LogP contribution < -0.4 is 0 Å². The summed E-state index contributed by atoms with van der Waals surface area (Å²) in [4.78, 5) is 25.7. The summed E-state index contributed by atoms with van der Waals surface area (Å²) in [5.74, 6) is -0.722. The third-order valence-corrected chi connectivity index (χ3v) is 8.92. The Morgan fingerprint density at radius 1 is 1.20 bits per heavy atom. The van der Waals surface area contributed by atoms with E-state index < -0.39 is 17.5 Å². The maximum Gasteiger partial charge on any atom is 0.390 e. The molecule has 0 aromatic heterocycles. The van der Waals surface area contributed by atoms with Crippen molar-refractivity contribution in [1.82, 2.24) is 0 Å². The number of esters is 1. The number of carbonyl (C=O) groups excluding carboxylic acids is 2. The third kappa shape index (κ3) is 5.56. The van der Waals surface area contributed by atoms with Crippen LogP contribution in [0.2, 0.25) is 0 Å². The van der Waals surface area contributed by atoms with Crippen LogP contribution in [0.1, 0.15) is 60.8 Å². The first-order chi connectivity index (χ1) is 11.5. The van der Waals surface area contributed by atoms with E-state index in [0.717, 1.165) is 11.4 Å². The van der Waals surface area contributed by atoms with Gasteiger partial charge in [-0.2, -0.15) is 0 Å². The molecule has 2 unspecified atom stereocenters. The molecule has 25 heavy (non-hydrogen) atoms. The maximum atomic E-state index is 13.0. The molecule has 146 valence electrons. The molecule has 8 heteroatoms. The van der Waals surface area contributed by atoms with E-state index in [0.29, 0.717) is 6.42 Å². The van der Waals surface area contributed by atoms with E-state index in [1.54, 1.807) is 20.8 Å². The first kappa shape index (κ1) is 22.7. The second-order valence-electron chi connectivity index (χ2n) is 7.15. The number of rotatable bonds is 8. The Kier molecular flexibility index (Phi) is 8.19. The zero-order valence-electron chi connectivity index (χ0n) is 16.1. The van der Waals surface area contributed by atoms with Gasteiger partial charge in [0.2, 0.25) is 0 Å². The molecule has 0 saturated heterocycles. The summed E-state index contributed by atoms with van der Waals surface area (Å²) < 4.78 is 27.2. The quantitative estimate of drug-likeness (QED) is 0.338. The standard InChI is InChI=1S/C17H31O6PS/c1-7-21-15(19)17(25-24(20,22-8-2)23-9-3)11-10-13(12-14(17)18)16(4,5)6/h13H,7-12H2,1-6H3. The molecule has 0 N–H and O–H groups in total. The predicted molar refractivity (Wildman–Crippen MR) is 99.6 cm³/mol. The minimum atomic E-state index is -3.63. The number of ketones is 1. The largest absolute Gasteiger partial charge is 0.465 e. The maximum absolute atomic E-state index is 13.0. The van der Waals surface area contributed by atoms with Crippen LogP contribution in [0, 0.1) is 11.3 Å². The Balaban J connectivity index is 3.18. The van der Waals surface area contributed by atoms with Gasteiger partial charge in [-0.3, -0.25) is 9.59 Å². The highest BCUT2D eigenvalue weighted by molar-refractivity contribution is 8.56. The molecular weight excluding hydrogens is 363 g/mol. The Labute approximate surface area is 155 Å². The Morgan fingerprint density at radius 3 is 2.16 bits per heavy atom. The summed E-state index contributed by atoms with van der Waals surface area (Å²) in [7, 11) is 0. The second-order valence-corrected chi connectivity index (χ2v) is 11.3. The van der Waals surface area contributed by atoms with Crippen LogP contribution in [0.4, 0.5) is 0 Å².